The average Bonchev–Trinajstić information content (AvgIpc) is 2.76. The summed E-state index contributed by atoms with van der Waals surface area (Å²) in [6.07, 6.45) is -0.642. The Bertz CT molecular complexity index is 685. The first-order valence-electron chi connectivity index (χ1n) is 5.89. The van der Waals surface area contributed by atoms with Crippen molar-refractivity contribution in [3.05, 3.63) is 47.7 Å². The van der Waals surface area contributed by atoms with Crippen molar-refractivity contribution in [2.45, 2.75) is 6.18 Å². The van der Waals surface area contributed by atoms with Crippen LogP contribution < -0.4 is 0 Å². The second-order valence-corrected chi connectivity index (χ2v) is 4.32. The maximum atomic E-state index is 12.5. The van der Waals surface area contributed by atoms with Gasteiger partial charge in [0, 0.05) is 24.3 Å². The van der Waals surface area contributed by atoms with Gasteiger partial charge in [0.2, 0.25) is 0 Å². The Morgan fingerprint density at radius 3 is 2.43 bits per heavy atom. The van der Waals surface area contributed by atoms with Crippen LogP contribution in [0.4, 0.5) is 13.2 Å². The summed E-state index contributed by atoms with van der Waals surface area (Å²) in [5.74, 6) is -1.11. The number of aromatic nitrogens is 2. The molecule has 0 saturated heterocycles. The molecule has 1 N–H and O–H groups in total. The zero-order valence-electron chi connectivity index (χ0n) is 10.9. The first kappa shape index (κ1) is 14.8. The summed E-state index contributed by atoms with van der Waals surface area (Å²) < 4.78 is 39.1. The molecule has 0 saturated carbocycles. The van der Waals surface area contributed by atoms with Crippen LogP contribution in [0.3, 0.4) is 0 Å². The number of aliphatic carboxylic acids is 1. The minimum atomic E-state index is -4.39. The third-order valence-corrected chi connectivity index (χ3v) is 2.86. The van der Waals surface area contributed by atoms with Crippen molar-refractivity contribution < 1.29 is 23.1 Å². The summed E-state index contributed by atoms with van der Waals surface area (Å²) in [6.45, 7) is 0. The molecule has 110 valence electrons. The van der Waals surface area contributed by atoms with Gasteiger partial charge in [-0.25, -0.2) is 4.79 Å². The van der Waals surface area contributed by atoms with Crippen LogP contribution in [0.25, 0.3) is 17.3 Å². The SMILES string of the molecule is Cn1ncc(C=CC(=O)O)c1-c1ccc(C(F)(F)F)cc1. The Morgan fingerprint density at radius 1 is 1.29 bits per heavy atom. The number of nitrogens with zero attached hydrogens (tertiary/aromatic N) is 2. The minimum absolute atomic E-state index is 0.514. The van der Waals surface area contributed by atoms with Crippen LogP contribution in [0.1, 0.15) is 11.1 Å². The van der Waals surface area contributed by atoms with E-state index in [-0.39, 0.29) is 0 Å². The van der Waals surface area contributed by atoms with Crippen molar-refractivity contribution in [1.82, 2.24) is 9.78 Å². The highest BCUT2D eigenvalue weighted by Gasteiger charge is 2.30. The monoisotopic (exact) mass is 296 g/mol. The average molecular weight is 296 g/mol. The van der Waals surface area contributed by atoms with E-state index in [2.05, 4.69) is 5.10 Å². The van der Waals surface area contributed by atoms with E-state index >= 15 is 0 Å². The highest BCUT2D eigenvalue weighted by atomic mass is 19.4. The van der Waals surface area contributed by atoms with Gasteiger partial charge in [0.15, 0.2) is 0 Å². The summed E-state index contributed by atoms with van der Waals surface area (Å²) in [5, 5.41) is 12.6. The normalized spacial score (nSPS) is 12.0. The molecule has 0 fully saturated rings. The fourth-order valence-electron chi connectivity index (χ4n) is 1.91. The van der Waals surface area contributed by atoms with Gasteiger partial charge in [-0.2, -0.15) is 18.3 Å². The van der Waals surface area contributed by atoms with Gasteiger partial charge in [-0.05, 0) is 18.2 Å². The smallest absolute Gasteiger partial charge is 0.416 e. The first-order valence-corrected chi connectivity index (χ1v) is 5.89. The number of rotatable bonds is 3. The quantitative estimate of drug-likeness (QED) is 0.885. The predicted octanol–water partition coefficient (Wildman–Crippen LogP) is 3.20. The van der Waals surface area contributed by atoms with E-state index in [1.807, 2.05) is 0 Å². The molecular weight excluding hydrogens is 285 g/mol. The Hall–Kier alpha value is -2.57. The molecule has 0 radical (unpaired) electrons. The Morgan fingerprint density at radius 2 is 1.90 bits per heavy atom. The molecule has 1 aromatic carbocycles. The van der Waals surface area contributed by atoms with Gasteiger partial charge in [-0.3, -0.25) is 4.68 Å². The molecule has 0 spiro atoms. The number of carbonyl (C=O) groups is 1. The molecule has 1 heterocycles. The summed E-state index contributed by atoms with van der Waals surface area (Å²) in [7, 11) is 1.63. The maximum Gasteiger partial charge on any atom is 0.416 e. The summed E-state index contributed by atoms with van der Waals surface area (Å²) in [5.41, 5.74) is 0.838. The second-order valence-electron chi connectivity index (χ2n) is 4.32. The maximum absolute atomic E-state index is 12.5. The molecule has 0 amide bonds. The number of hydrogen-bond acceptors (Lipinski definition) is 2. The molecule has 0 aliphatic carbocycles. The Kier molecular flexibility index (Phi) is 3.84. The van der Waals surface area contributed by atoms with Crippen LogP contribution in [-0.4, -0.2) is 20.9 Å². The van der Waals surface area contributed by atoms with Crippen molar-refractivity contribution in [1.29, 1.82) is 0 Å². The molecule has 2 rings (SSSR count). The predicted molar refractivity (Wildman–Crippen MR) is 70.3 cm³/mol. The van der Waals surface area contributed by atoms with Crippen LogP contribution in [-0.2, 0) is 18.0 Å². The minimum Gasteiger partial charge on any atom is -0.478 e. The van der Waals surface area contributed by atoms with E-state index in [9.17, 15) is 18.0 Å². The zero-order chi connectivity index (χ0) is 15.6. The Labute approximate surface area is 118 Å². The highest BCUT2D eigenvalue weighted by Crippen LogP contribution is 2.31. The topological polar surface area (TPSA) is 55.1 Å². The lowest BCUT2D eigenvalue weighted by Crippen LogP contribution is -2.04. The van der Waals surface area contributed by atoms with Gasteiger partial charge in [0.1, 0.15) is 0 Å². The van der Waals surface area contributed by atoms with E-state index in [0.29, 0.717) is 16.8 Å². The molecule has 1 aromatic heterocycles. The summed E-state index contributed by atoms with van der Waals surface area (Å²) in [4.78, 5) is 10.5. The van der Waals surface area contributed by atoms with Crippen molar-refractivity contribution >= 4 is 12.0 Å². The van der Waals surface area contributed by atoms with Gasteiger partial charge in [0.05, 0.1) is 17.5 Å². The standard InChI is InChI=1S/C14H11F3N2O2/c1-19-13(10(8-18-19)4-7-12(20)21)9-2-5-11(6-3-9)14(15,16)17/h2-8H,1H3,(H,20,21). The third-order valence-electron chi connectivity index (χ3n) is 2.86. The fourth-order valence-corrected chi connectivity index (χ4v) is 1.91. The number of halogens is 3. The van der Waals surface area contributed by atoms with E-state index in [1.54, 1.807) is 7.05 Å². The molecule has 0 aliphatic heterocycles. The lowest BCUT2D eigenvalue weighted by atomic mass is 10.1. The van der Waals surface area contributed by atoms with E-state index in [0.717, 1.165) is 18.2 Å². The van der Waals surface area contributed by atoms with Crippen molar-refractivity contribution in [2.75, 3.05) is 0 Å². The molecule has 2 aromatic rings. The van der Waals surface area contributed by atoms with Crippen molar-refractivity contribution in [3.8, 4) is 11.3 Å². The molecule has 0 atom stereocenters. The van der Waals surface area contributed by atoms with Gasteiger partial charge < -0.3 is 5.11 Å². The first-order chi connectivity index (χ1) is 9.79. The summed E-state index contributed by atoms with van der Waals surface area (Å²) >= 11 is 0. The number of carboxylic acids is 1. The Balaban J connectivity index is 2.42. The fraction of sp³-hybridized carbons (Fsp3) is 0.143. The zero-order valence-corrected chi connectivity index (χ0v) is 10.9. The number of carboxylic acid groups (broad SMARTS) is 1. The molecule has 0 bridgehead atoms. The van der Waals surface area contributed by atoms with Crippen LogP contribution in [0.15, 0.2) is 36.5 Å². The van der Waals surface area contributed by atoms with E-state index in [4.69, 9.17) is 5.11 Å². The molecule has 7 heteroatoms. The molecule has 0 aliphatic rings. The number of aryl methyl sites for hydroxylation is 1. The number of alkyl halides is 3. The van der Waals surface area contributed by atoms with Crippen LogP contribution >= 0.6 is 0 Å². The van der Waals surface area contributed by atoms with Crippen LogP contribution in [0, 0.1) is 0 Å². The van der Waals surface area contributed by atoms with Crippen molar-refractivity contribution in [3.63, 3.8) is 0 Å². The third kappa shape index (κ3) is 3.31. The lowest BCUT2D eigenvalue weighted by Gasteiger charge is -2.08. The number of hydrogen-bond donors (Lipinski definition) is 1. The summed E-state index contributed by atoms with van der Waals surface area (Å²) in [6, 6.07) is 4.62. The van der Waals surface area contributed by atoms with Gasteiger partial charge in [-0.15, -0.1) is 0 Å². The van der Waals surface area contributed by atoms with Crippen LogP contribution in [0.5, 0.6) is 0 Å². The second kappa shape index (κ2) is 5.43. The molecule has 4 nitrogen and oxygen atoms in total. The largest absolute Gasteiger partial charge is 0.478 e. The number of benzene rings is 1. The van der Waals surface area contributed by atoms with E-state index in [1.165, 1.54) is 29.1 Å². The van der Waals surface area contributed by atoms with Crippen molar-refractivity contribution in [2.24, 2.45) is 7.05 Å². The molecular formula is C14H11F3N2O2. The van der Waals surface area contributed by atoms with Crippen LogP contribution in [0.2, 0.25) is 0 Å². The van der Waals surface area contributed by atoms with Gasteiger partial charge in [0.25, 0.3) is 0 Å². The molecule has 0 unspecified atom stereocenters. The highest BCUT2D eigenvalue weighted by molar-refractivity contribution is 5.87. The van der Waals surface area contributed by atoms with E-state index < -0.39 is 17.7 Å². The molecule has 21 heavy (non-hydrogen) atoms. The van der Waals surface area contributed by atoms with Gasteiger partial charge in [-0.1, -0.05) is 12.1 Å². The van der Waals surface area contributed by atoms with Gasteiger partial charge >= 0.3 is 12.1 Å². The lowest BCUT2D eigenvalue weighted by molar-refractivity contribution is -0.137.